The molecule has 0 aromatic heterocycles. The molecule has 2 aliphatic rings. The van der Waals surface area contributed by atoms with Crippen LogP contribution in [0.15, 0.2) is 0 Å². The molecule has 2 aliphatic heterocycles. The molecule has 0 aliphatic carbocycles. The third kappa shape index (κ3) is 3.18. The summed E-state index contributed by atoms with van der Waals surface area (Å²) in [5.41, 5.74) is 0. The first-order chi connectivity index (χ1) is 7.36. The SMILES string of the molecule is O=C(OCC1CCOCC1)C1CCCN1. The molecule has 2 heterocycles. The van der Waals surface area contributed by atoms with E-state index in [0.29, 0.717) is 12.5 Å². The van der Waals surface area contributed by atoms with Gasteiger partial charge in [-0.2, -0.15) is 0 Å². The molecule has 1 N–H and O–H groups in total. The number of rotatable bonds is 3. The van der Waals surface area contributed by atoms with Crippen molar-refractivity contribution in [3.63, 3.8) is 0 Å². The Hall–Kier alpha value is -0.610. The summed E-state index contributed by atoms with van der Waals surface area (Å²) in [7, 11) is 0. The van der Waals surface area contributed by atoms with Gasteiger partial charge in [0.25, 0.3) is 0 Å². The number of carbonyl (C=O) groups excluding carboxylic acids is 1. The maximum absolute atomic E-state index is 11.6. The van der Waals surface area contributed by atoms with E-state index in [-0.39, 0.29) is 12.0 Å². The van der Waals surface area contributed by atoms with Crippen LogP contribution in [0.4, 0.5) is 0 Å². The van der Waals surface area contributed by atoms with Crippen molar-refractivity contribution in [1.29, 1.82) is 0 Å². The molecule has 0 amide bonds. The monoisotopic (exact) mass is 213 g/mol. The Bertz CT molecular complexity index is 208. The molecule has 0 saturated carbocycles. The van der Waals surface area contributed by atoms with E-state index in [2.05, 4.69) is 5.32 Å². The summed E-state index contributed by atoms with van der Waals surface area (Å²) in [5.74, 6) is 0.433. The molecule has 15 heavy (non-hydrogen) atoms. The third-order valence-electron chi connectivity index (χ3n) is 3.15. The van der Waals surface area contributed by atoms with E-state index in [1.165, 1.54) is 0 Å². The summed E-state index contributed by atoms with van der Waals surface area (Å²) in [6.45, 7) is 3.13. The second kappa shape index (κ2) is 5.47. The summed E-state index contributed by atoms with van der Waals surface area (Å²) >= 11 is 0. The van der Waals surface area contributed by atoms with E-state index >= 15 is 0 Å². The van der Waals surface area contributed by atoms with Crippen molar-refractivity contribution < 1.29 is 14.3 Å². The number of esters is 1. The molecule has 2 fully saturated rings. The molecule has 0 spiro atoms. The largest absolute Gasteiger partial charge is 0.464 e. The van der Waals surface area contributed by atoms with Crippen LogP contribution in [0.2, 0.25) is 0 Å². The molecule has 0 bridgehead atoms. The lowest BCUT2D eigenvalue weighted by atomic mass is 10.0. The lowest BCUT2D eigenvalue weighted by Crippen LogP contribution is -2.34. The van der Waals surface area contributed by atoms with E-state index < -0.39 is 0 Å². The fourth-order valence-corrected chi connectivity index (χ4v) is 2.10. The Labute approximate surface area is 90.3 Å². The lowest BCUT2D eigenvalue weighted by molar-refractivity contribution is -0.148. The number of nitrogens with one attached hydrogen (secondary N) is 1. The van der Waals surface area contributed by atoms with E-state index in [1.54, 1.807) is 0 Å². The summed E-state index contributed by atoms with van der Waals surface area (Å²) in [4.78, 5) is 11.6. The number of hydrogen-bond donors (Lipinski definition) is 1. The summed E-state index contributed by atoms with van der Waals surface area (Å²) in [5, 5.41) is 3.14. The molecule has 4 heteroatoms. The zero-order valence-electron chi connectivity index (χ0n) is 9.04. The predicted molar refractivity (Wildman–Crippen MR) is 55.5 cm³/mol. The Morgan fingerprint density at radius 3 is 2.80 bits per heavy atom. The van der Waals surface area contributed by atoms with Gasteiger partial charge in [-0.1, -0.05) is 0 Å². The summed E-state index contributed by atoms with van der Waals surface area (Å²) in [6.07, 6.45) is 4.04. The quantitative estimate of drug-likeness (QED) is 0.701. The van der Waals surface area contributed by atoms with Gasteiger partial charge in [0.15, 0.2) is 0 Å². The summed E-state index contributed by atoms with van der Waals surface area (Å²) < 4.78 is 10.6. The topological polar surface area (TPSA) is 47.6 Å². The Morgan fingerprint density at radius 2 is 2.13 bits per heavy atom. The maximum atomic E-state index is 11.6. The second-order valence-electron chi connectivity index (χ2n) is 4.33. The van der Waals surface area contributed by atoms with Crippen LogP contribution in [0.1, 0.15) is 25.7 Å². The van der Waals surface area contributed by atoms with Gasteiger partial charge in [0.1, 0.15) is 6.04 Å². The van der Waals surface area contributed by atoms with Crippen molar-refractivity contribution in [3.05, 3.63) is 0 Å². The smallest absolute Gasteiger partial charge is 0.323 e. The highest BCUT2D eigenvalue weighted by atomic mass is 16.5. The minimum Gasteiger partial charge on any atom is -0.464 e. The van der Waals surface area contributed by atoms with Gasteiger partial charge in [-0.15, -0.1) is 0 Å². The van der Waals surface area contributed by atoms with Crippen molar-refractivity contribution in [3.8, 4) is 0 Å². The van der Waals surface area contributed by atoms with Crippen LogP contribution in [0, 0.1) is 5.92 Å². The fraction of sp³-hybridized carbons (Fsp3) is 0.909. The van der Waals surface area contributed by atoms with Crippen molar-refractivity contribution in [2.45, 2.75) is 31.7 Å². The molecular formula is C11H19NO3. The molecule has 0 radical (unpaired) electrons. The van der Waals surface area contributed by atoms with Gasteiger partial charge in [0.05, 0.1) is 6.61 Å². The zero-order valence-corrected chi connectivity index (χ0v) is 9.04. The summed E-state index contributed by atoms with van der Waals surface area (Å²) in [6, 6.07) is -0.0511. The van der Waals surface area contributed by atoms with Crippen LogP contribution in [-0.4, -0.2) is 38.4 Å². The maximum Gasteiger partial charge on any atom is 0.323 e. The first-order valence-corrected chi connectivity index (χ1v) is 5.84. The minimum atomic E-state index is -0.0704. The number of ether oxygens (including phenoxy) is 2. The first-order valence-electron chi connectivity index (χ1n) is 5.84. The van der Waals surface area contributed by atoms with Crippen molar-refractivity contribution in [2.24, 2.45) is 5.92 Å². The molecule has 0 aromatic rings. The lowest BCUT2D eigenvalue weighted by Gasteiger charge is -2.22. The Morgan fingerprint density at radius 1 is 1.33 bits per heavy atom. The molecule has 0 aromatic carbocycles. The van der Waals surface area contributed by atoms with Gasteiger partial charge in [0, 0.05) is 13.2 Å². The normalized spacial score (nSPS) is 27.9. The average Bonchev–Trinajstić information content (AvgIpc) is 2.81. The van der Waals surface area contributed by atoms with Gasteiger partial charge >= 0.3 is 5.97 Å². The fourth-order valence-electron chi connectivity index (χ4n) is 2.10. The van der Waals surface area contributed by atoms with Gasteiger partial charge in [-0.05, 0) is 38.1 Å². The van der Waals surface area contributed by atoms with Crippen LogP contribution < -0.4 is 5.32 Å². The van der Waals surface area contributed by atoms with Crippen molar-refractivity contribution in [1.82, 2.24) is 5.32 Å². The highest BCUT2D eigenvalue weighted by Gasteiger charge is 2.24. The third-order valence-corrected chi connectivity index (χ3v) is 3.15. The van der Waals surface area contributed by atoms with Crippen LogP contribution in [-0.2, 0) is 14.3 Å². The van der Waals surface area contributed by atoms with E-state index in [1.807, 2.05) is 0 Å². The molecule has 86 valence electrons. The van der Waals surface area contributed by atoms with Gasteiger partial charge in [0.2, 0.25) is 0 Å². The minimum absolute atomic E-state index is 0.0511. The Balaban J connectivity index is 1.65. The Kier molecular flexibility index (Phi) is 3.97. The first kappa shape index (κ1) is 10.9. The predicted octanol–water partition coefficient (Wildman–Crippen LogP) is 0.708. The molecular weight excluding hydrogens is 194 g/mol. The number of hydrogen-bond acceptors (Lipinski definition) is 4. The van der Waals surface area contributed by atoms with Crippen LogP contribution in [0.3, 0.4) is 0 Å². The van der Waals surface area contributed by atoms with Crippen LogP contribution in [0.5, 0.6) is 0 Å². The van der Waals surface area contributed by atoms with E-state index in [0.717, 1.165) is 45.4 Å². The molecule has 2 rings (SSSR count). The van der Waals surface area contributed by atoms with Crippen LogP contribution in [0.25, 0.3) is 0 Å². The van der Waals surface area contributed by atoms with Gasteiger partial charge in [-0.25, -0.2) is 0 Å². The average molecular weight is 213 g/mol. The molecule has 1 atom stereocenters. The second-order valence-corrected chi connectivity index (χ2v) is 4.33. The van der Waals surface area contributed by atoms with Crippen LogP contribution >= 0.6 is 0 Å². The standard InChI is InChI=1S/C11H19NO3/c13-11(10-2-1-5-12-10)15-8-9-3-6-14-7-4-9/h9-10,12H,1-8H2. The van der Waals surface area contributed by atoms with E-state index in [9.17, 15) is 4.79 Å². The highest BCUT2D eigenvalue weighted by molar-refractivity contribution is 5.76. The highest BCUT2D eigenvalue weighted by Crippen LogP contribution is 2.15. The van der Waals surface area contributed by atoms with Gasteiger partial charge < -0.3 is 14.8 Å². The zero-order chi connectivity index (χ0) is 10.5. The molecule has 1 unspecified atom stereocenters. The van der Waals surface area contributed by atoms with E-state index in [4.69, 9.17) is 9.47 Å². The molecule has 4 nitrogen and oxygen atoms in total. The number of carbonyl (C=O) groups is 1. The molecule has 2 saturated heterocycles. The van der Waals surface area contributed by atoms with Gasteiger partial charge in [-0.3, -0.25) is 4.79 Å². The van der Waals surface area contributed by atoms with Crippen molar-refractivity contribution >= 4 is 5.97 Å². The van der Waals surface area contributed by atoms with Crippen molar-refractivity contribution in [2.75, 3.05) is 26.4 Å².